The van der Waals surface area contributed by atoms with Gasteiger partial charge in [0, 0.05) is 29.6 Å². The van der Waals surface area contributed by atoms with Crippen LogP contribution < -0.4 is 11.1 Å². The Morgan fingerprint density at radius 3 is 2.70 bits per heavy atom. The van der Waals surface area contributed by atoms with Crippen LogP contribution in [0.15, 0.2) is 59.8 Å². The van der Waals surface area contributed by atoms with Crippen LogP contribution >= 0.6 is 36.6 Å². The summed E-state index contributed by atoms with van der Waals surface area (Å²) in [6.45, 7) is 3.16. The predicted molar refractivity (Wildman–Crippen MR) is 116 cm³/mol. The molecule has 0 spiro atoms. The third kappa shape index (κ3) is 6.14. The minimum Gasteiger partial charge on any atom is -0.352 e. The molecule has 3 N–H and O–H groups in total. The molecule has 8 heteroatoms. The average molecular weight is 427 g/mol. The third-order valence-corrected chi connectivity index (χ3v) is 5.04. The van der Waals surface area contributed by atoms with E-state index >= 15 is 0 Å². The van der Waals surface area contributed by atoms with Gasteiger partial charge in [0.15, 0.2) is 0 Å². The van der Waals surface area contributed by atoms with Gasteiger partial charge in [0.05, 0.1) is 11.3 Å². The summed E-state index contributed by atoms with van der Waals surface area (Å²) in [7, 11) is 0. The second kappa shape index (κ2) is 11.2. The van der Waals surface area contributed by atoms with Gasteiger partial charge in [-0.25, -0.2) is 4.98 Å². The zero-order valence-corrected chi connectivity index (χ0v) is 17.4. The fraction of sp³-hybridized carbons (Fsp3) is 0.263. The number of nitrogens with zero attached hydrogens (tertiary/aromatic N) is 2. The van der Waals surface area contributed by atoms with Crippen molar-refractivity contribution in [2.45, 2.75) is 17.6 Å². The molecular weight excluding hydrogens is 403 g/mol. The van der Waals surface area contributed by atoms with E-state index in [1.165, 1.54) is 0 Å². The van der Waals surface area contributed by atoms with E-state index < -0.39 is 0 Å². The van der Waals surface area contributed by atoms with E-state index in [9.17, 15) is 4.79 Å². The number of aromatic nitrogens is 2. The zero-order chi connectivity index (χ0) is 17.6. The summed E-state index contributed by atoms with van der Waals surface area (Å²) in [5, 5.41) is 2.96. The fourth-order valence-corrected chi connectivity index (χ4v) is 3.37. The number of fused-ring (bicyclic) bond motifs is 1. The SMILES string of the molecule is CC(CN)CNC(=O)c1ccccc1SCc1cn2ccccc2n1.Cl.Cl. The van der Waals surface area contributed by atoms with Gasteiger partial charge in [-0.3, -0.25) is 4.79 Å². The highest BCUT2D eigenvalue weighted by molar-refractivity contribution is 7.98. The summed E-state index contributed by atoms with van der Waals surface area (Å²) in [5.41, 5.74) is 8.22. The molecular formula is C19H24Cl2N4OS. The number of halogens is 2. The lowest BCUT2D eigenvalue weighted by Gasteiger charge is -2.12. The molecule has 0 aliphatic heterocycles. The fourth-order valence-electron chi connectivity index (χ4n) is 2.43. The maximum absolute atomic E-state index is 12.5. The van der Waals surface area contributed by atoms with E-state index in [1.807, 2.05) is 66.2 Å². The minimum atomic E-state index is -0.0570. The highest BCUT2D eigenvalue weighted by Gasteiger charge is 2.13. The van der Waals surface area contributed by atoms with Crippen molar-refractivity contribution in [3.05, 3.63) is 66.1 Å². The van der Waals surface area contributed by atoms with Gasteiger partial charge in [-0.15, -0.1) is 36.6 Å². The minimum absolute atomic E-state index is 0. The van der Waals surface area contributed by atoms with Crippen LogP contribution in [0.1, 0.15) is 23.0 Å². The van der Waals surface area contributed by atoms with Gasteiger partial charge in [-0.05, 0) is 36.7 Å². The molecule has 0 aliphatic rings. The molecule has 0 fully saturated rings. The molecule has 27 heavy (non-hydrogen) atoms. The van der Waals surface area contributed by atoms with Gasteiger partial charge < -0.3 is 15.5 Å². The number of rotatable bonds is 7. The van der Waals surface area contributed by atoms with Crippen molar-refractivity contribution < 1.29 is 4.79 Å². The van der Waals surface area contributed by atoms with E-state index in [1.54, 1.807) is 11.8 Å². The topological polar surface area (TPSA) is 72.4 Å². The summed E-state index contributed by atoms with van der Waals surface area (Å²) >= 11 is 1.62. The average Bonchev–Trinajstić information content (AvgIpc) is 3.07. The first-order valence-electron chi connectivity index (χ1n) is 8.30. The van der Waals surface area contributed by atoms with Crippen molar-refractivity contribution in [1.82, 2.24) is 14.7 Å². The van der Waals surface area contributed by atoms with Gasteiger partial charge in [0.2, 0.25) is 0 Å². The summed E-state index contributed by atoms with van der Waals surface area (Å²) in [6.07, 6.45) is 4.00. The lowest BCUT2D eigenvalue weighted by Crippen LogP contribution is -2.31. The van der Waals surface area contributed by atoms with Gasteiger partial charge >= 0.3 is 0 Å². The molecule has 5 nitrogen and oxygen atoms in total. The molecule has 0 saturated heterocycles. The van der Waals surface area contributed by atoms with Crippen molar-refractivity contribution in [1.29, 1.82) is 0 Å². The summed E-state index contributed by atoms with van der Waals surface area (Å²) in [6, 6.07) is 13.6. The standard InChI is InChI=1S/C19H22N4OS.2ClH/c1-14(10-20)11-21-19(24)16-6-2-3-7-17(16)25-13-15-12-23-9-5-4-8-18(23)22-15;;/h2-9,12,14H,10-11,13,20H2,1H3,(H,21,24);2*1H. The van der Waals surface area contributed by atoms with Crippen molar-refractivity contribution >= 4 is 48.1 Å². The largest absolute Gasteiger partial charge is 0.352 e. The Hall–Kier alpha value is -1.73. The second-order valence-electron chi connectivity index (χ2n) is 6.03. The van der Waals surface area contributed by atoms with Crippen molar-refractivity contribution in [2.75, 3.05) is 13.1 Å². The van der Waals surface area contributed by atoms with E-state index in [4.69, 9.17) is 5.73 Å². The Labute approximate surface area is 175 Å². The Kier molecular flexibility index (Phi) is 9.66. The molecule has 1 atom stereocenters. The highest BCUT2D eigenvalue weighted by atomic mass is 35.5. The predicted octanol–water partition coefficient (Wildman–Crippen LogP) is 3.79. The molecule has 0 bridgehead atoms. The number of carbonyl (C=O) groups excluding carboxylic acids is 1. The van der Waals surface area contributed by atoms with Crippen LogP contribution in [-0.2, 0) is 5.75 Å². The number of nitrogens with two attached hydrogens (primary N) is 1. The summed E-state index contributed by atoms with van der Waals surface area (Å²) in [5.74, 6) is 0.922. The number of thioether (sulfide) groups is 1. The number of carbonyl (C=O) groups is 1. The Balaban J connectivity index is 0.00000182. The van der Waals surface area contributed by atoms with Gasteiger partial charge in [0.1, 0.15) is 5.65 Å². The van der Waals surface area contributed by atoms with Crippen molar-refractivity contribution in [3.63, 3.8) is 0 Å². The Morgan fingerprint density at radius 1 is 1.22 bits per heavy atom. The number of benzene rings is 1. The molecule has 1 aromatic carbocycles. The maximum Gasteiger partial charge on any atom is 0.252 e. The second-order valence-corrected chi connectivity index (χ2v) is 7.05. The molecule has 3 aromatic rings. The van der Waals surface area contributed by atoms with Crippen LogP contribution in [0.3, 0.4) is 0 Å². The number of pyridine rings is 1. The number of imidazole rings is 1. The first-order valence-corrected chi connectivity index (χ1v) is 9.28. The molecule has 1 unspecified atom stereocenters. The smallest absolute Gasteiger partial charge is 0.252 e. The molecule has 0 radical (unpaired) electrons. The number of hydrogen-bond donors (Lipinski definition) is 2. The van der Waals surface area contributed by atoms with Crippen LogP contribution in [-0.4, -0.2) is 28.4 Å². The lowest BCUT2D eigenvalue weighted by molar-refractivity contribution is 0.0945. The van der Waals surface area contributed by atoms with Crippen LogP contribution in [0, 0.1) is 5.92 Å². The van der Waals surface area contributed by atoms with E-state index in [0.29, 0.717) is 24.4 Å². The van der Waals surface area contributed by atoms with Crippen molar-refractivity contribution in [3.8, 4) is 0 Å². The first kappa shape index (κ1) is 23.3. The molecule has 0 saturated carbocycles. The van der Waals surface area contributed by atoms with Crippen LogP contribution in [0.5, 0.6) is 0 Å². The molecule has 3 rings (SSSR count). The Bertz CT molecular complexity index is 839. The summed E-state index contributed by atoms with van der Waals surface area (Å²) in [4.78, 5) is 18.0. The zero-order valence-electron chi connectivity index (χ0n) is 15.0. The summed E-state index contributed by atoms with van der Waals surface area (Å²) < 4.78 is 2.00. The van der Waals surface area contributed by atoms with E-state index in [-0.39, 0.29) is 36.6 Å². The number of amides is 1. The van der Waals surface area contributed by atoms with Crippen LogP contribution in [0.2, 0.25) is 0 Å². The quantitative estimate of drug-likeness (QED) is 0.563. The monoisotopic (exact) mass is 426 g/mol. The van der Waals surface area contributed by atoms with Crippen molar-refractivity contribution in [2.24, 2.45) is 11.7 Å². The van der Waals surface area contributed by atoms with E-state index in [0.717, 1.165) is 16.2 Å². The highest BCUT2D eigenvalue weighted by Crippen LogP contribution is 2.26. The molecule has 2 aromatic heterocycles. The van der Waals surface area contributed by atoms with Gasteiger partial charge in [0.25, 0.3) is 5.91 Å². The third-order valence-electron chi connectivity index (χ3n) is 3.93. The van der Waals surface area contributed by atoms with E-state index in [2.05, 4.69) is 10.3 Å². The molecule has 2 heterocycles. The normalized spacial score (nSPS) is 11.3. The first-order chi connectivity index (χ1) is 12.2. The molecule has 146 valence electrons. The number of nitrogens with one attached hydrogen (secondary N) is 1. The molecule has 1 amide bonds. The number of hydrogen-bond acceptors (Lipinski definition) is 4. The van der Waals surface area contributed by atoms with Crippen LogP contribution in [0.4, 0.5) is 0 Å². The van der Waals surface area contributed by atoms with Gasteiger partial charge in [-0.2, -0.15) is 0 Å². The van der Waals surface area contributed by atoms with Crippen LogP contribution in [0.25, 0.3) is 5.65 Å². The Morgan fingerprint density at radius 2 is 1.96 bits per heavy atom. The molecule has 0 aliphatic carbocycles. The lowest BCUT2D eigenvalue weighted by atomic mass is 10.1. The van der Waals surface area contributed by atoms with Gasteiger partial charge in [-0.1, -0.05) is 25.1 Å². The maximum atomic E-state index is 12.5.